The first-order valence-electron chi connectivity index (χ1n) is 6.90. The van der Waals surface area contributed by atoms with E-state index < -0.39 is 0 Å². The van der Waals surface area contributed by atoms with Crippen LogP contribution >= 0.6 is 15.9 Å². The number of nitrogens with zero attached hydrogens (tertiary/aromatic N) is 1. The topological polar surface area (TPSA) is 86.9 Å². The molecule has 0 bridgehead atoms. The Morgan fingerprint density at radius 1 is 1.13 bits per heavy atom. The molecule has 2 aromatic carbocycles. The first-order chi connectivity index (χ1) is 11.1. The van der Waals surface area contributed by atoms with Crippen LogP contribution in [0, 0.1) is 0 Å². The summed E-state index contributed by atoms with van der Waals surface area (Å²) < 4.78 is 0.803. The number of carbonyl (C=O) groups excluding carboxylic acids is 2. The van der Waals surface area contributed by atoms with Crippen molar-refractivity contribution in [2.45, 2.75) is 0 Å². The highest BCUT2D eigenvalue weighted by Crippen LogP contribution is 2.13. The third-order valence-electron chi connectivity index (χ3n) is 3.14. The quantitative estimate of drug-likeness (QED) is 0.657. The van der Waals surface area contributed by atoms with Gasteiger partial charge in [-0.2, -0.15) is 0 Å². The molecule has 2 amide bonds. The van der Waals surface area contributed by atoms with Gasteiger partial charge in [-0.15, -0.1) is 0 Å². The van der Waals surface area contributed by atoms with Crippen LogP contribution in [0.15, 0.2) is 53.0 Å². The Hall–Kier alpha value is -2.67. The number of hydrogen-bond acceptors (Lipinski definition) is 3. The first kappa shape index (κ1) is 15.2. The molecule has 0 fully saturated rings. The molecule has 0 radical (unpaired) electrons. The van der Waals surface area contributed by atoms with Gasteiger partial charge in [0, 0.05) is 10.0 Å². The minimum Gasteiger partial charge on any atom is -0.343 e. The highest BCUT2D eigenvalue weighted by atomic mass is 79.9. The number of hydrogen-bond donors (Lipinski definition) is 3. The fourth-order valence-electron chi connectivity index (χ4n) is 2.08. The smallest absolute Gasteiger partial charge is 0.251 e. The molecule has 1 heterocycles. The molecule has 3 N–H and O–H groups in total. The average molecular weight is 373 g/mol. The lowest BCUT2D eigenvalue weighted by Crippen LogP contribution is -2.33. The second kappa shape index (κ2) is 6.62. The van der Waals surface area contributed by atoms with Gasteiger partial charge in [0.1, 0.15) is 0 Å². The van der Waals surface area contributed by atoms with E-state index in [1.54, 1.807) is 18.2 Å². The number of fused-ring (bicyclic) bond motifs is 1. The van der Waals surface area contributed by atoms with Gasteiger partial charge < -0.3 is 10.3 Å². The molecule has 0 spiro atoms. The van der Waals surface area contributed by atoms with Gasteiger partial charge in [-0.3, -0.25) is 14.9 Å². The van der Waals surface area contributed by atoms with Crippen LogP contribution in [0.2, 0.25) is 0 Å². The van der Waals surface area contributed by atoms with Crippen molar-refractivity contribution in [1.82, 2.24) is 15.3 Å². The third kappa shape index (κ3) is 3.75. The van der Waals surface area contributed by atoms with E-state index in [0.29, 0.717) is 11.5 Å². The van der Waals surface area contributed by atoms with E-state index >= 15 is 0 Å². The second-order valence-electron chi connectivity index (χ2n) is 4.84. The van der Waals surface area contributed by atoms with Crippen molar-refractivity contribution < 1.29 is 9.59 Å². The number of rotatable bonds is 4. The lowest BCUT2D eigenvalue weighted by molar-refractivity contribution is -0.115. The summed E-state index contributed by atoms with van der Waals surface area (Å²) in [6.45, 7) is -0.137. The molecule has 6 nitrogen and oxygen atoms in total. The Morgan fingerprint density at radius 2 is 1.96 bits per heavy atom. The Morgan fingerprint density at radius 3 is 2.74 bits per heavy atom. The van der Waals surface area contributed by atoms with E-state index in [-0.39, 0.29) is 18.4 Å². The molecular weight excluding hydrogens is 360 g/mol. The van der Waals surface area contributed by atoms with Crippen molar-refractivity contribution >= 4 is 44.7 Å². The molecule has 0 aliphatic heterocycles. The zero-order chi connectivity index (χ0) is 16.2. The summed E-state index contributed by atoms with van der Waals surface area (Å²) in [6.07, 6.45) is 0. The number of nitrogens with one attached hydrogen (secondary N) is 3. The van der Waals surface area contributed by atoms with Gasteiger partial charge in [0.2, 0.25) is 11.9 Å². The van der Waals surface area contributed by atoms with E-state index in [2.05, 4.69) is 36.5 Å². The number of benzene rings is 2. The van der Waals surface area contributed by atoms with Crippen LogP contribution < -0.4 is 10.6 Å². The number of aromatic nitrogens is 2. The summed E-state index contributed by atoms with van der Waals surface area (Å²) in [5, 5.41) is 5.19. The van der Waals surface area contributed by atoms with E-state index in [0.717, 1.165) is 15.5 Å². The highest BCUT2D eigenvalue weighted by Gasteiger charge is 2.10. The second-order valence-corrected chi connectivity index (χ2v) is 5.76. The fraction of sp³-hybridized carbons (Fsp3) is 0.0625. The molecular formula is C16H13BrN4O2. The van der Waals surface area contributed by atoms with Gasteiger partial charge in [0.05, 0.1) is 17.6 Å². The number of aromatic amines is 1. The van der Waals surface area contributed by atoms with Crippen LogP contribution in [0.3, 0.4) is 0 Å². The van der Waals surface area contributed by atoms with Gasteiger partial charge in [-0.05, 0) is 30.3 Å². The van der Waals surface area contributed by atoms with E-state index in [9.17, 15) is 9.59 Å². The Kier molecular flexibility index (Phi) is 4.38. The molecule has 0 aliphatic rings. The van der Waals surface area contributed by atoms with Crippen molar-refractivity contribution in [3.8, 4) is 0 Å². The summed E-state index contributed by atoms with van der Waals surface area (Å²) in [5.74, 6) is -0.314. The lowest BCUT2D eigenvalue weighted by atomic mass is 10.2. The molecule has 0 unspecified atom stereocenters. The van der Waals surface area contributed by atoms with Crippen LogP contribution in [0.25, 0.3) is 11.0 Å². The molecule has 7 heteroatoms. The van der Waals surface area contributed by atoms with Crippen LogP contribution in [0.1, 0.15) is 10.4 Å². The number of imidazole rings is 1. The fourth-order valence-corrected chi connectivity index (χ4v) is 2.48. The van der Waals surface area contributed by atoms with Gasteiger partial charge in [-0.1, -0.05) is 34.1 Å². The van der Waals surface area contributed by atoms with E-state index in [1.165, 1.54) is 0 Å². The predicted molar refractivity (Wildman–Crippen MR) is 91.2 cm³/mol. The standard InChI is InChI=1S/C16H13BrN4O2/c17-11-5-3-4-10(8-11)15(23)18-9-14(22)21-16-19-12-6-1-2-7-13(12)20-16/h1-8H,9H2,(H,18,23)(H2,19,20,21,22). The molecule has 0 saturated heterocycles. The van der Waals surface area contributed by atoms with Crippen molar-refractivity contribution in [3.63, 3.8) is 0 Å². The van der Waals surface area contributed by atoms with Crippen molar-refractivity contribution in [1.29, 1.82) is 0 Å². The SMILES string of the molecule is O=C(CNC(=O)c1cccc(Br)c1)Nc1nc2ccccc2[nH]1. The van der Waals surface area contributed by atoms with E-state index in [4.69, 9.17) is 0 Å². The maximum atomic E-state index is 12.0. The molecule has 23 heavy (non-hydrogen) atoms. The van der Waals surface area contributed by atoms with Gasteiger partial charge >= 0.3 is 0 Å². The number of H-pyrrole nitrogens is 1. The van der Waals surface area contributed by atoms with Crippen LogP contribution in [0.5, 0.6) is 0 Å². The summed E-state index contributed by atoms with van der Waals surface area (Å²) in [5.41, 5.74) is 2.08. The largest absolute Gasteiger partial charge is 0.343 e. The number of para-hydroxylation sites is 2. The first-order valence-corrected chi connectivity index (χ1v) is 7.69. The highest BCUT2D eigenvalue weighted by molar-refractivity contribution is 9.10. The molecule has 3 aromatic rings. The third-order valence-corrected chi connectivity index (χ3v) is 3.64. The van der Waals surface area contributed by atoms with E-state index in [1.807, 2.05) is 30.3 Å². The Bertz CT molecular complexity index is 842. The van der Waals surface area contributed by atoms with Crippen molar-refractivity contribution in [2.75, 3.05) is 11.9 Å². The van der Waals surface area contributed by atoms with Crippen LogP contribution in [-0.2, 0) is 4.79 Å². The maximum Gasteiger partial charge on any atom is 0.251 e. The zero-order valence-corrected chi connectivity index (χ0v) is 13.6. The average Bonchev–Trinajstić information content (AvgIpc) is 2.94. The summed E-state index contributed by atoms with van der Waals surface area (Å²) in [4.78, 5) is 31.1. The minimum atomic E-state index is -0.354. The number of carbonyl (C=O) groups is 2. The van der Waals surface area contributed by atoms with Gasteiger partial charge in [0.25, 0.3) is 5.91 Å². The zero-order valence-electron chi connectivity index (χ0n) is 12.0. The predicted octanol–water partition coefficient (Wildman–Crippen LogP) is 2.69. The van der Waals surface area contributed by atoms with Crippen LogP contribution in [-0.4, -0.2) is 28.3 Å². The molecule has 1 aromatic heterocycles. The molecule has 116 valence electrons. The van der Waals surface area contributed by atoms with Crippen molar-refractivity contribution in [2.24, 2.45) is 0 Å². The number of halogens is 1. The van der Waals surface area contributed by atoms with Crippen LogP contribution in [0.4, 0.5) is 5.95 Å². The van der Waals surface area contributed by atoms with Crippen molar-refractivity contribution in [3.05, 3.63) is 58.6 Å². The summed E-state index contributed by atoms with van der Waals surface area (Å²) >= 11 is 3.30. The molecule has 0 atom stereocenters. The Labute approximate surface area is 140 Å². The number of amides is 2. The van der Waals surface area contributed by atoms with Gasteiger partial charge in [-0.25, -0.2) is 4.98 Å². The maximum absolute atomic E-state index is 12.0. The van der Waals surface area contributed by atoms with Gasteiger partial charge in [0.15, 0.2) is 0 Å². The normalized spacial score (nSPS) is 10.5. The number of anilines is 1. The molecule has 3 rings (SSSR count). The summed E-state index contributed by atoms with van der Waals surface area (Å²) in [6, 6.07) is 14.4. The molecule has 0 saturated carbocycles. The lowest BCUT2D eigenvalue weighted by Gasteiger charge is -2.05. The minimum absolute atomic E-state index is 0.137. The molecule has 0 aliphatic carbocycles. The Balaban J connectivity index is 1.58. The summed E-state index contributed by atoms with van der Waals surface area (Å²) in [7, 11) is 0. The monoisotopic (exact) mass is 372 g/mol.